The average molecular weight is 287 g/mol. The van der Waals surface area contributed by atoms with Crippen LogP contribution in [0.2, 0.25) is 0 Å². The maximum atomic E-state index is 4.86. The molecule has 1 N–H and O–H groups in total. The molecule has 0 aliphatic carbocycles. The Hall–Kier alpha value is -1.78. The summed E-state index contributed by atoms with van der Waals surface area (Å²) < 4.78 is 2.08. The molecule has 21 heavy (non-hydrogen) atoms. The maximum absolute atomic E-state index is 4.86. The first-order valence-electron chi connectivity index (χ1n) is 8.17. The van der Waals surface area contributed by atoms with Crippen LogP contribution in [-0.2, 0) is 0 Å². The molecule has 114 valence electrons. The van der Waals surface area contributed by atoms with E-state index in [4.69, 9.17) is 4.98 Å². The number of nitrogens with one attached hydrogen (secondary N) is 1. The Kier molecular flexibility index (Phi) is 4.27. The zero-order valence-electron chi connectivity index (χ0n) is 13.0. The van der Waals surface area contributed by atoms with Gasteiger partial charge in [-0.05, 0) is 26.2 Å². The van der Waals surface area contributed by atoms with E-state index in [2.05, 4.69) is 33.4 Å². The smallest absolute Gasteiger partial charge is 0.180 e. The van der Waals surface area contributed by atoms with E-state index in [-0.39, 0.29) is 0 Å². The van der Waals surface area contributed by atoms with Gasteiger partial charge >= 0.3 is 0 Å². The molecule has 5 heteroatoms. The summed E-state index contributed by atoms with van der Waals surface area (Å²) in [5.74, 6) is 1.96. The van der Waals surface area contributed by atoms with Crippen molar-refractivity contribution in [2.75, 3.05) is 23.3 Å². The molecule has 0 bridgehead atoms. The van der Waals surface area contributed by atoms with E-state index in [1.165, 1.54) is 32.1 Å². The van der Waals surface area contributed by atoms with Gasteiger partial charge in [-0.2, -0.15) is 0 Å². The number of hydrogen-bond donors (Lipinski definition) is 1. The summed E-state index contributed by atoms with van der Waals surface area (Å²) in [7, 11) is 0. The van der Waals surface area contributed by atoms with Crippen LogP contribution >= 0.6 is 0 Å². The van der Waals surface area contributed by atoms with Gasteiger partial charge in [0.2, 0.25) is 0 Å². The van der Waals surface area contributed by atoms with Crippen LogP contribution in [0.15, 0.2) is 18.6 Å². The molecular formula is C16H25N5. The van der Waals surface area contributed by atoms with Gasteiger partial charge in [0.15, 0.2) is 11.5 Å². The molecule has 2 aromatic rings. The summed E-state index contributed by atoms with van der Waals surface area (Å²) in [6.45, 7) is 6.34. The molecule has 1 aliphatic heterocycles. The number of aromatic nitrogens is 3. The lowest BCUT2D eigenvalue weighted by Crippen LogP contribution is -2.35. The Bertz CT molecular complexity index is 591. The molecule has 2 aromatic heterocycles. The minimum absolute atomic E-state index is 0.581. The molecule has 1 saturated heterocycles. The molecule has 0 amide bonds. The van der Waals surface area contributed by atoms with Crippen molar-refractivity contribution < 1.29 is 0 Å². The van der Waals surface area contributed by atoms with Gasteiger partial charge in [0, 0.05) is 31.5 Å². The highest BCUT2D eigenvalue weighted by atomic mass is 15.3. The number of anilines is 2. The van der Waals surface area contributed by atoms with Gasteiger partial charge in [0.25, 0.3) is 0 Å². The predicted molar refractivity (Wildman–Crippen MR) is 87.0 cm³/mol. The second-order valence-corrected chi connectivity index (χ2v) is 5.74. The van der Waals surface area contributed by atoms with E-state index >= 15 is 0 Å². The first kappa shape index (κ1) is 14.2. The Labute approximate surface area is 126 Å². The van der Waals surface area contributed by atoms with Crippen LogP contribution in [0.25, 0.3) is 5.65 Å². The van der Waals surface area contributed by atoms with Crippen molar-refractivity contribution in [3.8, 4) is 0 Å². The van der Waals surface area contributed by atoms with Gasteiger partial charge in [-0.25, -0.2) is 9.97 Å². The van der Waals surface area contributed by atoms with Crippen LogP contribution < -0.4 is 10.2 Å². The summed E-state index contributed by atoms with van der Waals surface area (Å²) in [5.41, 5.74) is 0.969. The zero-order valence-corrected chi connectivity index (χ0v) is 13.0. The predicted octanol–water partition coefficient (Wildman–Crippen LogP) is 3.32. The van der Waals surface area contributed by atoms with Gasteiger partial charge in [-0.15, -0.1) is 0 Å². The standard InChI is InChI=1S/C16H25N5/c1-3-13-8-6-5-7-10-21(13)16-15-18-9-11-20(15)12-14(19-16)17-4-2/h9,11-13,17H,3-8,10H2,1-2H3. The van der Waals surface area contributed by atoms with Gasteiger partial charge in [0.05, 0.1) is 6.20 Å². The summed E-state index contributed by atoms with van der Waals surface area (Å²) in [6.07, 6.45) is 12.2. The fraction of sp³-hybridized carbons (Fsp3) is 0.625. The summed E-state index contributed by atoms with van der Waals surface area (Å²) >= 11 is 0. The molecular weight excluding hydrogens is 262 g/mol. The lowest BCUT2D eigenvalue weighted by molar-refractivity contribution is 0.552. The van der Waals surface area contributed by atoms with Crippen molar-refractivity contribution in [2.24, 2.45) is 0 Å². The highest BCUT2D eigenvalue weighted by molar-refractivity contribution is 5.67. The van der Waals surface area contributed by atoms with Crippen LogP contribution in [0.5, 0.6) is 0 Å². The molecule has 5 nitrogen and oxygen atoms in total. The number of hydrogen-bond acceptors (Lipinski definition) is 4. The van der Waals surface area contributed by atoms with Gasteiger partial charge < -0.3 is 14.6 Å². The fourth-order valence-electron chi connectivity index (χ4n) is 3.25. The van der Waals surface area contributed by atoms with Crippen LogP contribution in [0.1, 0.15) is 46.0 Å². The number of rotatable bonds is 4. The largest absolute Gasteiger partial charge is 0.369 e. The van der Waals surface area contributed by atoms with E-state index in [1.807, 2.05) is 18.6 Å². The van der Waals surface area contributed by atoms with Crippen molar-refractivity contribution in [3.63, 3.8) is 0 Å². The number of imidazole rings is 1. The third-order valence-corrected chi connectivity index (χ3v) is 4.33. The normalized spacial score (nSPS) is 19.7. The molecule has 1 unspecified atom stereocenters. The molecule has 0 saturated carbocycles. The molecule has 0 radical (unpaired) electrons. The third-order valence-electron chi connectivity index (χ3n) is 4.33. The summed E-state index contributed by atoms with van der Waals surface area (Å²) in [6, 6.07) is 0.581. The molecule has 3 heterocycles. The molecule has 0 spiro atoms. The van der Waals surface area contributed by atoms with Crippen molar-refractivity contribution in [2.45, 2.75) is 52.0 Å². The number of nitrogens with zero attached hydrogens (tertiary/aromatic N) is 4. The molecule has 1 fully saturated rings. The fourth-order valence-corrected chi connectivity index (χ4v) is 3.25. The molecule has 3 rings (SSSR count). The monoisotopic (exact) mass is 287 g/mol. The second kappa shape index (κ2) is 6.33. The van der Waals surface area contributed by atoms with Crippen LogP contribution in [0, 0.1) is 0 Å². The lowest BCUT2D eigenvalue weighted by Gasteiger charge is -2.30. The first-order valence-corrected chi connectivity index (χ1v) is 8.17. The third kappa shape index (κ3) is 2.82. The Balaban J connectivity index is 2.05. The lowest BCUT2D eigenvalue weighted by atomic mass is 10.1. The molecule has 1 atom stereocenters. The SMILES string of the molecule is CCNc1cn2ccnc2c(N2CCCCCC2CC)n1. The zero-order chi connectivity index (χ0) is 14.7. The Morgan fingerprint density at radius 2 is 2.19 bits per heavy atom. The average Bonchev–Trinajstić information content (AvgIpc) is 2.83. The van der Waals surface area contributed by atoms with Crippen molar-refractivity contribution in [3.05, 3.63) is 18.6 Å². The summed E-state index contributed by atoms with van der Waals surface area (Å²) in [4.78, 5) is 11.9. The highest BCUT2D eigenvalue weighted by Gasteiger charge is 2.23. The second-order valence-electron chi connectivity index (χ2n) is 5.74. The van der Waals surface area contributed by atoms with Gasteiger partial charge in [-0.3, -0.25) is 0 Å². The van der Waals surface area contributed by atoms with Gasteiger partial charge in [0.1, 0.15) is 5.82 Å². The van der Waals surface area contributed by atoms with Crippen LogP contribution in [0.3, 0.4) is 0 Å². The Morgan fingerprint density at radius 3 is 3.00 bits per heavy atom. The topological polar surface area (TPSA) is 45.5 Å². The maximum Gasteiger partial charge on any atom is 0.180 e. The first-order chi connectivity index (χ1) is 10.3. The summed E-state index contributed by atoms with van der Waals surface area (Å²) in [5, 5.41) is 3.33. The van der Waals surface area contributed by atoms with Crippen LogP contribution in [-0.4, -0.2) is 33.5 Å². The van der Waals surface area contributed by atoms with Crippen molar-refractivity contribution >= 4 is 17.3 Å². The van der Waals surface area contributed by atoms with E-state index in [0.29, 0.717) is 6.04 Å². The van der Waals surface area contributed by atoms with E-state index < -0.39 is 0 Å². The molecule has 1 aliphatic rings. The van der Waals surface area contributed by atoms with E-state index in [9.17, 15) is 0 Å². The van der Waals surface area contributed by atoms with Crippen molar-refractivity contribution in [1.29, 1.82) is 0 Å². The van der Waals surface area contributed by atoms with E-state index in [1.54, 1.807) is 0 Å². The van der Waals surface area contributed by atoms with E-state index in [0.717, 1.165) is 30.4 Å². The van der Waals surface area contributed by atoms with Gasteiger partial charge in [-0.1, -0.05) is 19.8 Å². The quantitative estimate of drug-likeness (QED) is 0.937. The van der Waals surface area contributed by atoms with Crippen molar-refractivity contribution in [1.82, 2.24) is 14.4 Å². The molecule has 0 aromatic carbocycles. The Morgan fingerprint density at radius 1 is 1.29 bits per heavy atom. The minimum Gasteiger partial charge on any atom is -0.369 e. The number of fused-ring (bicyclic) bond motifs is 1. The highest BCUT2D eigenvalue weighted by Crippen LogP contribution is 2.28. The van der Waals surface area contributed by atoms with Crippen LogP contribution in [0.4, 0.5) is 11.6 Å². The minimum atomic E-state index is 0.581.